The van der Waals surface area contributed by atoms with E-state index in [9.17, 15) is 9.90 Å². The van der Waals surface area contributed by atoms with E-state index in [2.05, 4.69) is 25.9 Å². The largest absolute Gasteiger partial charge is 1.00 e. The molecular formula is C15H8BrN2NaO2. The van der Waals surface area contributed by atoms with Crippen LogP contribution in [0, 0.1) is 0 Å². The van der Waals surface area contributed by atoms with Crippen LogP contribution in [-0.2, 0) is 0 Å². The van der Waals surface area contributed by atoms with Crippen LogP contribution < -0.4 is 34.7 Å². The van der Waals surface area contributed by atoms with Crippen molar-refractivity contribution in [1.29, 1.82) is 0 Å². The number of carboxylic acids is 1. The molecule has 2 aromatic carbocycles. The normalized spacial score (nSPS) is 10.1. The average molecular weight is 351 g/mol. The molecule has 0 unspecified atom stereocenters. The molecule has 0 fully saturated rings. The maximum Gasteiger partial charge on any atom is 1.00 e. The second kappa shape index (κ2) is 6.66. The predicted molar refractivity (Wildman–Crippen MR) is 77.0 cm³/mol. The maximum atomic E-state index is 10.8. The smallest absolute Gasteiger partial charge is 0.545 e. The topological polar surface area (TPSA) is 65.9 Å². The third-order valence-corrected chi connectivity index (χ3v) is 3.46. The fourth-order valence-corrected chi connectivity index (χ4v) is 2.45. The van der Waals surface area contributed by atoms with Gasteiger partial charge in [0.25, 0.3) is 0 Å². The Morgan fingerprint density at radius 2 is 1.71 bits per heavy atom. The van der Waals surface area contributed by atoms with Gasteiger partial charge in [0.1, 0.15) is 10.3 Å². The first-order valence-corrected chi connectivity index (χ1v) is 6.68. The van der Waals surface area contributed by atoms with Gasteiger partial charge in [0.05, 0.1) is 17.0 Å². The molecule has 0 aliphatic carbocycles. The molecule has 3 aromatic rings. The summed E-state index contributed by atoms with van der Waals surface area (Å²) in [4.78, 5) is 19.7. The van der Waals surface area contributed by atoms with Gasteiger partial charge in [-0.25, -0.2) is 9.97 Å². The number of aromatic nitrogens is 2. The summed E-state index contributed by atoms with van der Waals surface area (Å²) in [5.74, 6) is -1.23. The minimum Gasteiger partial charge on any atom is -0.545 e. The summed E-state index contributed by atoms with van der Waals surface area (Å²) in [6.45, 7) is 0. The molecule has 21 heavy (non-hydrogen) atoms. The van der Waals surface area contributed by atoms with Crippen LogP contribution in [0.3, 0.4) is 0 Å². The van der Waals surface area contributed by atoms with Gasteiger partial charge in [0, 0.05) is 5.56 Å². The van der Waals surface area contributed by atoms with Crippen molar-refractivity contribution in [1.82, 2.24) is 9.97 Å². The number of hydrogen-bond acceptors (Lipinski definition) is 4. The SMILES string of the molecule is O=C([O-])c1ccc2nc(-c3ccccc3)c(Br)nc2c1.[Na+]. The molecule has 0 aliphatic heterocycles. The van der Waals surface area contributed by atoms with E-state index < -0.39 is 5.97 Å². The van der Waals surface area contributed by atoms with Crippen LogP contribution in [0.4, 0.5) is 0 Å². The van der Waals surface area contributed by atoms with Crippen LogP contribution in [0.25, 0.3) is 22.3 Å². The molecular weight excluding hydrogens is 343 g/mol. The first-order valence-electron chi connectivity index (χ1n) is 5.89. The molecule has 0 radical (unpaired) electrons. The fourth-order valence-electron chi connectivity index (χ4n) is 1.94. The predicted octanol–water partition coefficient (Wildman–Crippen LogP) is -0.573. The summed E-state index contributed by atoms with van der Waals surface area (Å²) in [7, 11) is 0. The number of rotatable bonds is 2. The van der Waals surface area contributed by atoms with Gasteiger partial charge in [-0.05, 0) is 33.6 Å². The third-order valence-electron chi connectivity index (χ3n) is 2.90. The molecule has 0 amide bonds. The Labute approximate surface area is 151 Å². The Balaban J connectivity index is 0.00000161. The molecule has 1 heterocycles. The van der Waals surface area contributed by atoms with Gasteiger partial charge >= 0.3 is 29.6 Å². The zero-order valence-corrected chi connectivity index (χ0v) is 14.8. The van der Waals surface area contributed by atoms with Gasteiger partial charge in [-0.2, -0.15) is 0 Å². The molecule has 0 bridgehead atoms. The number of carbonyl (C=O) groups excluding carboxylic acids is 1. The van der Waals surface area contributed by atoms with E-state index in [1.807, 2.05) is 30.3 Å². The molecule has 6 heteroatoms. The van der Waals surface area contributed by atoms with Crippen LogP contribution in [0.5, 0.6) is 0 Å². The van der Waals surface area contributed by atoms with Gasteiger partial charge in [-0.3, -0.25) is 0 Å². The Kier molecular flexibility index (Phi) is 5.11. The Morgan fingerprint density at radius 1 is 1.00 bits per heavy atom. The standard InChI is InChI=1S/C15H9BrN2O2.Na/c16-14-13(9-4-2-1-3-5-9)17-11-7-6-10(15(19)20)8-12(11)18-14;/h1-8H,(H,19,20);/q;+1/p-1. The quantitative estimate of drug-likeness (QED) is 0.580. The van der Waals surface area contributed by atoms with Crippen molar-refractivity contribution in [3.05, 3.63) is 58.7 Å². The van der Waals surface area contributed by atoms with Crippen molar-refractivity contribution in [2.45, 2.75) is 0 Å². The molecule has 3 rings (SSSR count). The number of benzene rings is 2. The second-order valence-corrected chi connectivity index (χ2v) is 4.97. The van der Waals surface area contributed by atoms with Crippen molar-refractivity contribution in [2.75, 3.05) is 0 Å². The van der Waals surface area contributed by atoms with E-state index in [4.69, 9.17) is 0 Å². The Hall–Kier alpha value is -1.27. The van der Waals surface area contributed by atoms with Crippen molar-refractivity contribution >= 4 is 32.9 Å². The summed E-state index contributed by atoms with van der Waals surface area (Å²) in [5.41, 5.74) is 2.90. The summed E-state index contributed by atoms with van der Waals surface area (Å²) in [6.07, 6.45) is 0. The molecule has 4 nitrogen and oxygen atoms in total. The number of hydrogen-bond donors (Lipinski definition) is 0. The fraction of sp³-hybridized carbons (Fsp3) is 0. The van der Waals surface area contributed by atoms with Gasteiger partial charge in [0.2, 0.25) is 0 Å². The van der Waals surface area contributed by atoms with E-state index in [0.717, 1.165) is 11.3 Å². The number of carbonyl (C=O) groups is 1. The van der Waals surface area contributed by atoms with Crippen LogP contribution in [0.15, 0.2) is 53.1 Å². The van der Waals surface area contributed by atoms with Gasteiger partial charge in [-0.1, -0.05) is 36.4 Å². The van der Waals surface area contributed by atoms with E-state index in [1.54, 1.807) is 6.07 Å². The van der Waals surface area contributed by atoms with Gasteiger partial charge in [0.15, 0.2) is 0 Å². The molecule has 0 atom stereocenters. The molecule has 0 saturated heterocycles. The van der Waals surface area contributed by atoms with E-state index in [-0.39, 0.29) is 35.1 Å². The minimum absolute atomic E-state index is 0. The number of nitrogens with zero attached hydrogens (tertiary/aromatic N) is 2. The molecule has 0 saturated carbocycles. The van der Waals surface area contributed by atoms with E-state index in [1.165, 1.54) is 12.1 Å². The first-order chi connectivity index (χ1) is 9.65. The number of fused-ring (bicyclic) bond motifs is 1. The van der Waals surface area contributed by atoms with Crippen molar-refractivity contribution in [2.24, 2.45) is 0 Å². The Bertz CT molecular complexity index is 809. The van der Waals surface area contributed by atoms with Gasteiger partial charge < -0.3 is 9.90 Å². The molecule has 0 N–H and O–H groups in total. The monoisotopic (exact) mass is 350 g/mol. The van der Waals surface area contributed by atoms with Crippen LogP contribution in [-0.4, -0.2) is 15.9 Å². The Morgan fingerprint density at radius 3 is 2.38 bits per heavy atom. The number of aromatic carboxylic acids is 1. The summed E-state index contributed by atoms with van der Waals surface area (Å²) in [6, 6.07) is 14.2. The number of halogens is 1. The molecule has 0 spiro atoms. The summed E-state index contributed by atoms with van der Waals surface area (Å²) >= 11 is 3.38. The van der Waals surface area contributed by atoms with Crippen molar-refractivity contribution < 1.29 is 39.5 Å². The van der Waals surface area contributed by atoms with Crippen LogP contribution in [0.1, 0.15) is 10.4 Å². The summed E-state index contributed by atoms with van der Waals surface area (Å²) in [5, 5.41) is 10.8. The first kappa shape index (κ1) is 16.1. The average Bonchev–Trinajstić information content (AvgIpc) is 2.46. The molecule has 1 aromatic heterocycles. The summed E-state index contributed by atoms with van der Waals surface area (Å²) < 4.78 is 0.576. The minimum atomic E-state index is -1.23. The molecule has 0 aliphatic rings. The molecule has 98 valence electrons. The maximum absolute atomic E-state index is 10.8. The van der Waals surface area contributed by atoms with Crippen molar-refractivity contribution in [3.63, 3.8) is 0 Å². The second-order valence-electron chi connectivity index (χ2n) is 4.22. The zero-order valence-electron chi connectivity index (χ0n) is 11.2. The van der Waals surface area contributed by atoms with Crippen molar-refractivity contribution in [3.8, 4) is 11.3 Å². The zero-order chi connectivity index (χ0) is 14.1. The third kappa shape index (κ3) is 3.32. The van der Waals surface area contributed by atoms with Crippen LogP contribution in [0.2, 0.25) is 0 Å². The van der Waals surface area contributed by atoms with Crippen LogP contribution >= 0.6 is 15.9 Å². The van der Waals surface area contributed by atoms with E-state index >= 15 is 0 Å². The van der Waals surface area contributed by atoms with Gasteiger partial charge in [-0.15, -0.1) is 0 Å². The number of carboxylic acid groups (broad SMARTS) is 1. The van der Waals surface area contributed by atoms with E-state index in [0.29, 0.717) is 15.6 Å².